The molecule has 0 saturated heterocycles. The molecular weight excluding hydrogens is 294 g/mol. The molecule has 5 nitrogen and oxygen atoms in total. The van der Waals surface area contributed by atoms with Crippen molar-refractivity contribution >= 4 is 11.7 Å². The summed E-state index contributed by atoms with van der Waals surface area (Å²) in [6.07, 6.45) is 0. The molecule has 1 heterocycles. The first-order valence-electron chi connectivity index (χ1n) is 7.02. The summed E-state index contributed by atoms with van der Waals surface area (Å²) < 4.78 is 5.33. The Morgan fingerprint density at radius 1 is 0.913 bits per heavy atom. The lowest BCUT2D eigenvalue weighted by molar-refractivity contribution is -0.401. The second kappa shape index (κ2) is 5.88. The number of Topliss-reactive ketones (excluding diaryl/α,β-unsaturated/α-hetero) is 1. The van der Waals surface area contributed by atoms with E-state index in [1.165, 1.54) is 6.92 Å². The Balaban J connectivity index is 2.40. The van der Waals surface area contributed by atoms with Crippen molar-refractivity contribution in [3.8, 4) is 22.3 Å². The molecule has 114 valence electrons. The van der Waals surface area contributed by atoms with Gasteiger partial charge in [-0.15, -0.1) is 0 Å². The van der Waals surface area contributed by atoms with Crippen molar-refractivity contribution in [1.82, 2.24) is 0 Å². The van der Waals surface area contributed by atoms with Crippen molar-refractivity contribution in [3.05, 3.63) is 76.5 Å². The number of carbonyl (C=O) groups excluding carboxylic acids is 1. The van der Waals surface area contributed by atoms with E-state index >= 15 is 0 Å². The van der Waals surface area contributed by atoms with E-state index in [1.807, 2.05) is 24.3 Å². The van der Waals surface area contributed by atoms with Gasteiger partial charge in [-0.05, 0) is 11.1 Å². The second-order valence-corrected chi connectivity index (χ2v) is 5.03. The van der Waals surface area contributed by atoms with E-state index in [0.29, 0.717) is 22.3 Å². The highest BCUT2D eigenvalue weighted by Crippen LogP contribution is 2.43. The van der Waals surface area contributed by atoms with Crippen LogP contribution < -0.4 is 0 Å². The van der Waals surface area contributed by atoms with E-state index in [4.69, 9.17) is 4.42 Å². The van der Waals surface area contributed by atoms with Gasteiger partial charge in [-0.3, -0.25) is 14.9 Å². The minimum atomic E-state index is -0.596. The third-order valence-electron chi connectivity index (χ3n) is 3.50. The van der Waals surface area contributed by atoms with Gasteiger partial charge < -0.3 is 4.42 Å². The van der Waals surface area contributed by atoms with Crippen LogP contribution in [0.15, 0.2) is 65.1 Å². The van der Waals surface area contributed by atoms with Crippen LogP contribution in [0.5, 0.6) is 0 Å². The number of hydrogen-bond acceptors (Lipinski definition) is 4. The topological polar surface area (TPSA) is 73.3 Å². The largest absolute Gasteiger partial charge is 0.442 e. The van der Waals surface area contributed by atoms with E-state index in [1.54, 1.807) is 36.4 Å². The van der Waals surface area contributed by atoms with Gasteiger partial charge in [0.1, 0.15) is 10.5 Å². The monoisotopic (exact) mass is 307 g/mol. The van der Waals surface area contributed by atoms with Crippen LogP contribution in [0, 0.1) is 10.1 Å². The molecule has 0 aliphatic rings. The summed E-state index contributed by atoms with van der Waals surface area (Å²) in [6.45, 7) is 1.34. The number of carbonyl (C=O) groups is 1. The summed E-state index contributed by atoms with van der Waals surface area (Å²) >= 11 is 0. The summed E-state index contributed by atoms with van der Waals surface area (Å²) in [6, 6.07) is 18.0. The van der Waals surface area contributed by atoms with Crippen molar-refractivity contribution in [2.24, 2.45) is 0 Å². The molecule has 0 aliphatic heterocycles. The standard InChI is InChI=1S/C18H13NO4/c1-12(20)17-15(13-8-4-2-5-9-13)16(18(23-17)19(21)22)14-10-6-3-7-11-14/h2-11H,1H3. The van der Waals surface area contributed by atoms with E-state index in [-0.39, 0.29) is 11.5 Å². The average Bonchev–Trinajstić information content (AvgIpc) is 2.97. The predicted octanol–water partition coefficient (Wildman–Crippen LogP) is 4.72. The van der Waals surface area contributed by atoms with Crippen LogP contribution in [0.1, 0.15) is 17.5 Å². The fourth-order valence-electron chi connectivity index (χ4n) is 2.55. The Morgan fingerprint density at radius 2 is 1.39 bits per heavy atom. The number of nitro groups is 1. The first-order valence-corrected chi connectivity index (χ1v) is 7.02. The van der Waals surface area contributed by atoms with Crippen LogP contribution in [0.25, 0.3) is 22.3 Å². The lowest BCUT2D eigenvalue weighted by Crippen LogP contribution is -1.93. The highest BCUT2D eigenvalue weighted by atomic mass is 16.6. The maximum absolute atomic E-state index is 11.9. The molecule has 0 spiro atoms. The van der Waals surface area contributed by atoms with E-state index < -0.39 is 10.8 Å². The molecule has 0 radical (unpaired) electrons. The SMILES string of the molecule is CC(=O)c1oc([N+](=O)[O-])c(-c2ccccc2)c1-c1ccccc1. The maximum Gasteiger partial charge on any atom is 0.442 e. The van der Waals surface area contributed by atoms with Crippen molar-refractivity contribution in [1.29, 1.82) is 0 Å². The molecule has 2 aromatic carbocycles. The molecule has 5 heteroatoms. The minimum absolute atomic E-state index is 0.00162. The molecule has 0 fully saturated rings. The van der Waals surface area contributed by atoms with Gasteiger partial charge >= 0.3 is 5.88 Å². The minimum Gasteiger partial charge on any atom is -0.396 e. The van der Waals surface area contributed by atoms with Gasteiger partial charge in [0.15, 0.2) is 11.5 Å². The van der Waals surface area contributed by atoms with Gasteiger partial charge in [-0.25, -0.2) is 0 Å². The smallest absolute Gasteiger partial charge is 0.396 e. The zero-order valence-corrected chi connectivity index (χ0v) is 12.4. The second-order valence-electron chi connectivity index (χ2n) is 5.03. The number of ketones is 1. The molecule has 1 aromatic heterocycles. The normalized spacial score (nSPS) is 10.5. The summed E-state index contributed by atoms with van der Waals surface area (Å²) in [5.41, 5.74) is 2.12. The number of rotatable bonds is 4. The third-order valence-corrected chi connectivity index (χ3v) is 3.50. The molecule has 0 bridgehead atoms. The fourth-order valence-corrected chi connectivity index (χ4v) is 2.55. The van der Waals surface area contributed by atoms with Gasteiger partial charge in [0.25, 0.3) is 0 Å². The van der Waals surface area contributed by atoms with Crippen molar-refractivity contribution in [3.63, 3.8) is 0 Å². The first-order chi connectivity index (χ1) is 11.1. The average molecular weight is 307 g/mol. The summed E-state index contributed by atoms with van der Waals surface area (Å²) in [5.74, 6) is -0.767. The lowest BCUT2D eigenvalue weighted by atomic mass is 9.95. The van der Waals surface area contributed by atoms with Crippen LogP contribution in [0.3, 0.4) is 0 Å². The molecule has 0 unspecified atom stereocenters. The van der Waals surface area contributed by atoms with Gasteiger partial charge in [-0.1, -0.05) is 60.7 Å². The molecule has 0 atom stereocenters. The molecule has 3 rings (SSSR count). The van der Waals surface area contributed by atoms with E-state index in [0.717, 1.165) is 0 Å². The summed E-state index contributed by atoms with van der Waals surface area (Å²) in [7, 11) is 0. The molecule has 0 amide bonds. The molecule has 0 aliphatic carbocycles. The van der Waals surface area contributed by atoms with E-state index in [9.17, 15) is 14.9 Å². The van der Waals surface area contributed by atoms with Crippen molar-refractivity contribution < 1.29 is 14.1 Å². The third kappa shape index (κ3) is 2.64. The Bertz CT molecular complexity index is 795. The Labute approximate surface area is 132 Å². The molecular formula is C18H13NO4. The predicted molar refractivity (Wildman–Crippen MR) is 86.2 cm³/mol. The van der Waals surface area contributed by atoms with Gasteiger partial charge in [0, 0.05) is 12.5 Å². The number of furan rings is 1. The van der Waals surface area contributed by atoms with Crippen LogP contribution in [0.2, 0.25) is 0 Å². The highest BCUT2D eigenvalue weighted by Gasteiger charge is 2.31. The number of hydrogen-bond donors (Lipinski definition) is 0. The Hall–Kier alpha value is -3.21. The van der Waals surface area contributed by atoms with Crippen LogP contribution in [-0.4, -0.2) is 10.7 Å². The molecule has 3 aromatic rings. The zero-order chi connectivity index (χ0) is 16.4. The molecule has 23 heavy (non-hydrogen) atoms. The Morgan fingerprint density at radius 3 is 1.83 bits per heavy atom. The van der Waals surface area contributed by atoms with Crippen LogP contribution in [0.4, 0.5) is 5.88 Å². The summed E-state index contributed by atoms with van der Waals surface area (Å²) in [5, 5.41) is 11.4. The van der Waals surface area contributed by atoms with Crippen LogP contribution in [-0.2, 0) is 0 Å². The first kappa shape index (κ1) is 14.7. The Kier molecular flexibility index (Phi) is 3.76. The maximum atomic E-state index is 11.9. The lowest BCUT2D eigenvalue weighted by Gasteiger charge is -2.04. The van der Waals surface area contributed by atoms with Crippen molar-refractivity contribution in [2.45, 2.75) is 6.92 Å². The number of benzene rings is 2. The fraction of sp³-hybridized carbons (Fsp3) is 0.0556. The van der Waals surface area contributed by atoms with Gasteiger partial charge in [-0.2, -0.15) is 0 Å². The quantitative estimate of drug-likeness (QED) is 0.397. The van der Waals surface area contributed by atoms with Crippen LogP contribution >= 0.6 is 0 Å². The number of nitrogens with zero attached hydrogens (tertiary/aromatic N) is 1. The van der Waals surface area contributed by atoms with Crippen molar-refractivity contribution in [2.75, 3.05) is 0 Å². The van der Waals surface area contributed by atoms with Gasteiger partial charge in [0.05, 0.1) is 0 Å². The molecule has 0 N–H and O–H groups in total. The van der Waals surface area contributed by atoms with Gasteiger partial charge in [0.2, 0.25) is 0 Å². The summed E-state index contributed by atoms with van der Waals surface area (Å²) in [4.78, 5) is 22.8. The van der Waals surface area contributed by atoms with E-state index in [2.05, 4.69) is 0 Å². The highest BCUT2D eigenvalue weighted by molar-refractivity contribution is 6.04. The zero-order valence-electron chi connectivity index (χ0n) is 12.4. The molecule has 0 saturated carbocycles.